The lowest BCUT2D eigenvalue weighted by molar-refractivity contribution is 0.0600. The highest BCUT2D eigenvalue weighted by Crippen LogP contribution is 2.22. The Morgan fingerprint density at radius 3 is 2.43 bits per heavy atom. The summed E-state index contributed by atoms with van der Waals surface area (Å²) in [4.78, 5) is 23.7. The molecule has 0 saturated heterocycles. The van der Waals surface area contributed by atoms with Gasteiger partial charge in [0.2, 0.25) is 0 Å². The molecule has 0 radical (unpaired) electrons. The van der Waals surface area contributed by atoms with Crippen molar-refractivity contribution in [3.8, 4) is 17.0 Å². The number of aromatic amines is 1. The summed E-state index contributed by atoms with van der Waals surface area (Å²) in [5.74, 6) is -0.0592. The van der Waals surface area contributed by atoms with Crippen LogP contribution < -0.4 is 10.2 Å². The fourth-order valence-corrected chi connectivity index (χ4v) is 2.61. The first-order valence-corrected chi connectivity index (χ1v) is 9.30. The molecule has 3 rings (SSSR count). The third-order valence-electron chi connectivity index (χ3n) is 4.06. The van der Waals surface area contributed by atoms with E-state index in [1.54, 1.807) is 30.3 Å². The second-order valence-corrected chi connectivity index (χ2v) is 6.67. The van der Waals surface area contributed by atoms with Gasteiger partial charge in [0, 0.05) is 5.56 Å². The minimum atomic E-state index is -0.420. The van der Waals surface area contributed by atoms with Gasteiger partial charge in [-0.25, -0.2) is 10.2 Å². The molecule has 8 nitrogen and oxygen atoms in total. The zero-order valence-corrected chi connectivity index (χ0v) is 16.9. The quantitative estimate of drug-likeness (QED) is 0.355. The van der Waals surface area contributed by atoms with Gasteiger partial charge in [0.05, 0.1) is 30.7 Å². The number of esters is 1. The average molecular weight is 406 g/mol. The molecule has 2 aromatic carbocycles. The van der Waals surface area contributed by atoms with Crippen LogP contribution >= 0.6 is 0 Å². The number of benzene rings is 2. The van der Waals surface area contributed by atoms with Crippen molar-refractivity contribution >= 4 is 18.1 Å². The van der Waals surface area contributed by atoms with Gasteiger partial charge in [0.1, 0.15) is 11.4 Å². The number of hydrogen-bond donors (Lipinski definition) is 2. The van der Waals surface area contributed by atoms with Gasteiger partial charge in [-0.3, -0.25) is 9.89 Å². The van der Waals surface area contributed by atoms with Crippen molar-refractivity contribution in [1.29, 1.82) is 0 Å². The Bertz CT molecular complexity index is 1040. The van der Waals surface area contributed by atoms with Crippen molar-refractivity contribution in [2.24, 2.45) is 5.10 Å². The second-order valence-electron chi connectivity index (χ2n) is 6.67. The normalized spacial score (nSPS) is 10.9. The van der Waals surface area contributed by atoms with E-state index >= 15 is 0 Å². The molecule has 0 aliphatic rings. The predicted octanol–water partition coefficient (Wildman–Crippen LogP) is 3.41. The number of nitrogens with one attached hydrogen (secondary N) is 2. The maximum Gasteiger partial charge on any atom is 0.337 e. The maximum atomic E-state index is 12.3. The fourth-order valence-electron chi connectivity index (χ4n) is 2.61. The molecule has 154 valence electrons. The van der Waals surface area contributed by atoms with Crippen LogP contribution in [0.25, 0.3) is 11.3 Å². The molecule has 1 aromatic heterocycles. The molecule has 1 heterocycles. The first-order chi connectivity index (χ1) is 14.5. The molecule has 0 atom stereocenters. The molecule has 0 aliphatic heterocycles. The fraction of sp³-hybridized carbons (Fsp3) is 0.182. The van der Waals surface area contributed by atoms with E-state index in [0.717, 1.165) is 16.9 Å². The maximum absolute atomic E-state index is 12.3. The monoisotopic (exact) mass is 406 g/mol. The Morgan fingerprint density at radius 2 is 1.80 bits per heavy atom. The highest BCUT2D eigenvalue weighted by Gasteiger charge is 2.11. The molecule has 30 heavy (non-hydrogen) atoms. The van der Waals surface area contributed by atoms with Crippen molar-refractivity contribution < 1.29 is 19.1 Å². The van der Waals surface area contributed by atoms with Crippen molar-refractivity contribution in [3.63, 3.8) is 0 Å². The number of carbonyl (C=O) groups excluding carboxylic acids is 2. The van der Waals surface area contributed by atoms with Gasteiger partial charge in [-0.1, -0.05) is 12.1 Å². The van der Waals surface area contributed by atoms with Crippen LogP contribution in [-0.2, 0) is 4.74 Å². The third-order valence-corrected chi connectivity index (χ3v) is 4.06. The highest BCUT2D eigenvalue weighted by atomic mass is 16.5. The van der Waals surface area contributed by atoms with Gasteiger partial charge < -0.3 is 9.47 Å². The van der Waals surface area contributed by atoms with Gasteiger partial charge >= 0.3 is 5.97 Å². The van der Waals surface area contributed by atoms with E-state index in [-0.39, 0.29) is 11.8 Å². The molecule has 0 aliphatic carbocycles. The summed E-state index contributed by atoms with van der Waals surface area (Å²) in [6.45, 7) is 3.93. The molecule has 1 amide bonds. The van der Waals surface area contributed by atoms with Gasteiger partial charge in [0.25, 0.3) is 5.91 Å². The van der Waals surface area contributed by atoms with Crippen molar-refractivity contribution in [2.45, 2.75) is 20.0 Å². The van der Waals surface area contributed by atoms with Crippen LogP contribution in [0.3, 0.4) is 0 Å². The molecule has 8 heteroatoms. The van der Waals surface area contributed by atoms with Crippen LogP contribution in [0.1, 0.15) is 40.3 Å². The number of amides is 1. The summed E-state index contributed by atoms with van der Waals surface area (Å²) < 4.78 is 10.3. The van der Waals surface area contributed by atoms with Gasteiger partial charge in [-0.15, -0.1) is 0 Å². The number of aromatic nitrogens is 2. The van der Waals surface area contributed by atoms with Crippen LogP contribution in [0.15, 0.2) is 59.7 Å². The van der Waals surface area contributed by atoms with E-state index in [0.29, 0.717) is 11.3 Å². The van der Waals surface area contributed by atoms with E-state index in [1.807, 2.05) is 38.1 Å². The van der Waals surface area contributed by atoms with E-state index in [4.69, 9.17) is 4.74 Å². The van der Waals surface area contributed by atoms with Crippen LogP contribution in [-0.4, -0.2) is 41.5 Å². The topological polar surface area (TPSA) is 106 Å². The third kappa shape index (κ3) is 5.32. The van der Waals surface area contributed by atoms with Gasteiger partial charge in [0.15, 0.2) is 0 Å². The lowest BCUT2D eigenvalue weighted by Gasteiger charge is -2.09. The summed E-state index contributed by atoms with van der Waals surface area (Å²) in [5.41, 5.74) is 5.37. The SMILES string of the molecule is COC(=O)c1ccc(C=NNC(=O)c2cc(-c3ccc(OC(C)C)cc3)n[nH]2)cc1. The number of rotatable bonds is 7. The van der Waals surface area contributed by atoms with Crippen LogP contribution in [0.5, 0.6) is 5.75 Å². The molecule has 3 aromatic rings. The zero-order chi connectivity index (χ0) is 21.5. The molecule has 0 bridgehead atoms. The summed E-state index contributed by atoms with van der Waals surface area (Å²) in [7, 11) is 1.32. The average Bonchev–Trinajstić information content (AvgIpc) is 3.24. The van der Waals surface area contributed by atoms with Crippen molar-refractivity contribution in [1.82, 2.24) is 15.6 Å². The second kappa shape index (κ2) is 9.51. The smallest absolute Gasteiger partial charge is 0.337 e. The Labute approximate surface area is 173 Å². The molecular weight excluding hydrogens is 384 g/mol. The molecule has 0 saturated carbocycles. The number of hydrogen-bond acceptors (Lipinski definition) is 6. The van der Waals surface area contributed by atoms with E-state index in [1.165, 1.54) is 13.3 Å². The van der Waals surface area contributed by atoms with Crippen LogP contribution in [0.2, 0.25) is 0 Å². The standard InChI is InChI=1S/C22H22N4O4/c1-14(2)30-18-10-8-16(9-11-18)19-12-20(25-24-19)21(27)26-23-13-15-4-6-17(7-5-15)22(28)29-3/h4-14H,1-3H3,(H,24,25)(H,26,27). The van der Waals surface area contributed by atoms with Crippen molar-refractivity contribution in [2.75, 3.05) is 7.11 Å². The van der Waals surface area contributed by atoms with Gasteiger partial charge in [-0.2, -0.15) is 10.2 Å². The number of ether oxygens (including phenoxy) is 2. The summed E-state index contributed by atoms with van der Waals surface area (Å²) >= 11 is 0. The Balaban J connectivity index is 1.59. The minimum absolute atomic E-state index is 0.0999. The number of methoxy groups -OCH3 is 1. The lowest BCUT2D eigenvalue weighted by atomic mass is 10.1. The molecule has 0 unspecified atom stereocenters. The Kier molecular flexibility index (Phi) is 6.59. The summed E-state index contributed by atoms with van der Waals surface area (Å²) in [6, 6.07) is 15.8. The Morgan fingerprint density at radius 1 is 1.10 bits per heavy atom. The van der Waals surface area contributed by atoms with E-state index < -0.39 is 11.9 Å². The zero-order valence-electron chi connectivity index (χ0n) is 16.9. The first-order valence-electron chi connectivity index (χ1n) is 9.30. The van der Waals surface area contributed by atoms with Gasteiger partial charge in [-0.05, 0) is 61.9 Å². The minimum Gasteiger partial charge on any atom is -0.491 e. The number of H-pyrrole nitrogens is 1. The molecule has 0 spiro atoms. The van der Waals surface area contributed by atoms with Crippen LogP contribution in [0, 0.1) is 0 Å². The number of hydrazone groups is 1. The molecular formula is C22H22N4O4. The van der Waals surface area contributed by atoms with E-state index in [9.17, 15) is 9.59 Å². The Hall–Kier alpha value is -3.94. The van der Waals surface area contributed by atoms with Crippen LogP contribution in [0.4, 0.5) is 0 Å². The predicted molar refractivity (Wildman–Crippen MR) is 113 cm³/mol. The number of nitrogens with zero attached hydrogens (tertiary/aromatic N) is 2. The highest BCUT2D eigenvalue weighted by molar-refractivity contribution is 5.94. The molecule has 2 N–H and O–H groups in total. The summed E-state index contributed by atoms with van der Waals surface area (Å²) in [5, 5.41) is 10.8. The van der Waals surface area contributed by atoms with Crippen molar-refractivity contribution in [3.05, 3.63) is 71.4 Å². The number of carbonyl (C=O) groups is 2. The summed E-state index contributed by atoms with van der Waals surface area (Å²) in [6.07, 6.45) is 1.58. The largest absolute Gasteiger partial charge is 0.491 e. The first kappa shape index (κ1) is 20.8. The molecule has 0 fully saturated rings. The van der Waals surface area contributed by atoms with E-state index in [2.05, 4.69) is 25.5 Å². The lowest BCUT2D eigenvalue weighted by Crippen LogP contribution is -2.18.